The molecule has 0 atom stereocenters. The fraction of sp³-hybridized carbons (Fsp3) is 0.263. The summed E-state index contributed by atoms with van der Waals surface area (Å²) in [4.78, 5) is 0. The van der Waals surface area contributed by atoms with Gasteiger partial charge in [-0.15, -0.1) is 6.58 Å². The van der Waals surface area contributed by atoms with Crippen LogP contribution in [0.15, 0.2) is 49.1 Å². The highest BCUT2D eigenvalue weighted by atomic mass is 16.5. The molecular weight excluding hydrogens is 290 g/mol. The summed E-state index contributed by atoms with van der Waals surface area (Å²) < 4.78 is 16.1. The molecule has 4 nitrogen and oxygen atoms in total. The van der Waals surface area contributed by atoms with Crippen LogP contribution in [-0.2, 0) is 13.0 Å². The van der Waals surface area contributed by atoms with Crippen molar-refractivity contribution >= 4 is 5.69 Å². The standard InChI is InChI=1S/C19H23NO3/c1-5-6-15-11-14(12-18(22-3)19(15)23-4)13-20-16-7-9-17(21-2)10-8-16/h5,7-12,20H,1,6,13H2,2-4H3. The molecule has 0 aliphatic rings. The van der Waals surface area contributed by atoms with Gasteiger partial charge in [0.15, 0.2) is 11.5 Å². The summed E-state index contributed by atoms with van der Waals surface area (Å²) in [6.45, 7) is 4.49. The predicted octanol–water partition coefficient (Wildman–Crippen LogP) is 4.05. The summed E-state index contributed by atoms with van der Waals surface area (Å²) in [6.07, 6.45) is 2.59. The summed E-state index contributed by atoms with van der Waals surface area (Å²) in [5.41, 5.74) is 3.22. The van der Waals surface area contributed by atoms with Crippen molar-refractivity contribution in [1.82, 2.24) is 0 Å². The molecule has 2 aromatic carbocycles. The number of allylic oxidation sites excluding steroid dienone is 1. The van der Waals surface area contributed by atoms with Crippen molar-refractivity contribution in [3.63, 3.8) is 0 Å². The Morgan fingerprint density at radius 1 is 1.00 bits per heavy atom. The maximum atomic E-state index is 5.46. The Bertz CT molecular complexity index is 650. The van der Waals surface area contributed by atoms with Crippen LogP contribution in [0.25, 0.3) is 0 Å². The first kappa shape index (κ1) is 16.7. The molecular formula is C19H23NO3. The molecule has 0 heterocycles. The van der Waals surface area contributed by atoms with Crippen LogP contribution < -0.4 is 19.5 Å². The van der Waals surface area contributed by atoms with E-state index in [0.717, 1.165) is 40.5 Å². The fourth-order valence-electron chi connectivity index (χ4n) is 2.43. The van der Waals surface area contributed by atoms with Gasteiger partial charge in [-0.3, -0.25) is 0 Å². The van der Waals surface area contributed by atoms with Gasteiger partial charge in [0.25, 0.3) is 0 Å². The monoisotopic (exact) mass is 313 g/mol. The molecule has 0 bridgehead atoms. The van der Waals surface area contributed by atoms with E-state index in [4.69, 9.17) is 14.2 Å². The third kappa shape index (κ3) is 4.19. The largest absolute Gasteiger partial charge is 0.497 e. The lowest BCUT2D eigenvalue weighted by molar-refractivity contribution is 0.352. The van der Waals surface area contributed by atoms with Gasteiger partial charge >= 0.3 is 0 Å². The number of methoxy groups -OCH3 is 3. The van der Waals surface area contributed by atoms with E-state index in [9.17, 15) is 0 Å². The summed E-state index contributed by atoms with van der Waals surface area (Å²) >= 11 is 0. The molecule has 0 amide bonds. The van der Waals surface area contributed by atoms with Crippen molar-refractivity contribution in [2.24, 2.45) is 0 Å². The van der Waals surface area contributed by atoms with Crippen LogP contribution in [-0.4, -0.2) is 21.3 Å². The highest BCUT2D eigenvalue weighted by Crippen LogP contribution is 2.33. The number of nitrogens with one attached hydrogen (secondary N) is 1. The van der Waals surface area contributed by atoms with Crippen molar-refractivity contribution in [1.29, 1.82) is 0 Å². The van der Waals surface area contributed by atoms with Gasteiger partial charge in [-0.05, 0) is 48.4 Å². The number of hydrogen-bond acceptors (Lipinski definition) is 4. The van der Waals surface area contributed by atoms with Gasteiger partial charge in [0.05, 0.1) is 21.3 Å². The highest BCUT2D eigenvalue weighted by Gasteiger charge is 2.11. The second-order valence-electron chi connectivity index (χ2n) is 5.07. The maximum absolute atomic E-state index is 5.46. The molecule has 0 aromatic heterocycles. The van der Waals surface area contributed by atoms with Crippen LogP contribution in [0.5, 0.6) is 17.2 Å². The van der Waals surface area contributed by atoms with Crippen molar-refractivity contribution in [2.45, 2.75) is 13.0 Å². The lowest BCUT2D eigenvalue weighted by Crippen LogP contribution is -2.03. The van der Waals surface area contributed by atoms with E-state index in [1.54, 1.807) is 21.3 Å². The van der Waals surface area contributed by atoms with Gasteiger partial charge in [0.1, 0.15) is 5.75 Å². The third-order valence-electron chi connectivity index (χ3n) is 3.57. The van der Waals surface area contributed by atoms with E-state index in [0.29, 0.717) is 6.54 Å². The second-order valence-corrected chi connectivity index (χ2v) is 5.07. The number of benzene rings is 2. The summed E-state index contributed by atoms with van der Waals surface area (Å²) in [6, 6.07) is 11.9. The number of ether oxygens (including phenoxy) is 3. The van der Waals surface area contributed by atoms with Gasteiger partial charge in [0, 0.05) is 17.8 Å². The highest BCUT2D eigenvalue weighted by molar-refractivity contribution is 5.52. The van der Waals surface area contributed by atoms with Gasteiger partial charge in [0.2, 0.25) is 0 Å². The minimum Gasteiger partial charge on any atom is -0.497 e. The topological polar surface area (TPSA) is 39.7 Å². The molecule has 0 radical (unpaired) electrons. The SMILES string of the molecule is C=CCc1cc(CNc2ccc(OC)cc2)cc(OC)c1OC. The van der Waals surface area contributed by atoms with Crippen LogP contribution in [0.3, 0.4) is 0 Å². The van der Waals surface area contributed by atoms with Gasteiger partial charge in [-0.25, -0.2) is 0 Å². The van der Waals surface area contributed by atoms with E-state index in [1.165, 1.54) is 0 Å². The molecule has 23 heavy (non-hydrogen) atoms. The summed E-state index contributed by atoms with van der Waals surface area (Å²) in [7, 11) is 4.96. The average Bonchev–Trinajstić information content (AvgIpc) is 2.60. The predicted molar refractivity (Wildman–Crippen MR) is 93.8 cm³/mol. The zero-order chi connectivity index (χ0) is 16.7. The van der Waals surface area contributed by atoms with Gasteiger partial charge in [-0.1, -0.05) is 6.08 Å². The molecule has 1 N–H and O–H groups in total. The Balaban J connectivity index is 2.17. The number of hydrogen-bond donors (Lipinski definition) is 1. The minimum absolute atomic E-state index is 0.691. The van der Waals surface area contributed by atoms with Crippen molar-refractivity contribution in [3.05, 3.63) is 60.2 Å². The molecule has 0 saturated heterocycles. The van der Waals surface area contributed by atoms with Crippen molar-refractivity contribution < 1.29 is 14.2 Å². The zero-order valence-electron chi connectivity index (χ0n) is 13.9. The fourth-order valence-corrected chi connectivity index (χ4v) is 2.43. The molecule has 0 saturated carbocycles. The number of anilines is 1. The van der Waals surface area contributed by atoms with Crippen LogP contribution in [0.2, 0.25) is 0 Å². The molecule has 0 spiro atoms. The normalized spacial score (nSPS) is 10.0. The first-order valence-electron chi connectivity index (χ1n) is 7.44. The first-order valence-corrected chi connectivity index (χ1v) is 7.44. The van der Waals surface area contributed by atoms with Crippen molar-refractivity contribution in [2.75, 3.05) is 26.6 Å². The van der Waals surface area contributed by atoms with E-state index in [2.05, 4.69) is 18.0 Å². The Labute approximate surface area is 137 Å². The molecule has 0 fully saturated rings. The van der Waals surface area contributed by atoms with Crippen LogP contribution in [0.4, 0.5) is 5.69 Å². The van der Waals surface area contributed by atoms with Gasteiger partial charge in [-0.2, -0.15) is 0 Å². The zero-order valence-corrected chi connectivity index (χ0v) is 13.9. The molecule has 4 heteroatoms. The molecule has 122 valence electrons. The molecule has 2 rings (SSSR count). The van der Waals surface area contributed by atoms with Gasteiger partial charge < -0.3 is 19.5 Å². The minimum atomic E-state index is 0.691. The average molecular weight is 313 g/mol. The summed E-state index contributed by atoms with van der Waals surface area (Å²) in [5, 5.41) is 3.39. The van der Waals surface area contributed by atoms with Crippen LogP contribution in [0, 0.1) is 0 Å². The Hall–Kier alpha value is -2.62. The van der Waals surface area contributed by atoms with E-state index in [1.807, 2.05) is 36.4 Å². The Morgan fingerprint density at radius 3 is 2.30 bits per heavy atom. The quantitative estimate of drug-likeness (QED) is 0.746. The lowest BCUT2D eigenvalue weighted by Gasteiger charge is -2.15. The number of rotatable bonds is 8. The second kappa shape index (κ2) is 8.13. The molecule has 0 unspecified atom stereocenters. The van der Waals surface area contributed by atoms with E-state index >= 15 is 0 Å². The summed E-state index contributed by atoms with van der Waals surface area (Å²) in [5.74, 6) is 2.34. The van der Waals surface area contributed by atoms with Crippen LogP contribution >= 0.6 is 0 Å². The Morgan fingerprint density at radius 2 is 1.74 bits per heavy atom. The molecule has 0 aliphatic carbocycles. The van der Waals surface area contributed by atoms with E-state index in [-0.39, 0.29) is 0 Å². The van der Waals surface area contributed by atoms with Crippen LogP contribution in [0.1, 0.15) is 11.1 Å². The molecule has 2 aromatic rings. The first-order chi connectivity index (χ1) is 11.2. The lowest BCUT2D eigenvalue weighted by atomic mass is 10.1. The molecule has 0 aliphatic heterocycles. The smallest absolute Gasteiger partial charge is 0.164 e. The van der Waals surface area contributed by atoms with Crippen molar-refractivity contribution in [3.8, 4) is 17.2 Å². The Kier molecular flexibility index (Phi) is 5.92. The van der Waals surface area contributed by atoms with E-state index < -0.39 is 0 Å². The maximum Gasteiger partial charge on any atom is 0.164 e. The third-order valence-corrected chi connectivity index (χ3v) is 3.57.